The third kappa shape index (κ3) is 2.74. The van der Waals surface area contributed by atoms with Gasteiger partial charge in [-0.1, -0.05) is 0 Å². The first-order valence-electron chi connectivity index (χ1n) is 5.48. The maximum atomic E-state index is 11.1. The van der Waals surface area contributed by atoms with Crippen LogP contribution in [0.2, 0.25) is 0 Å². The standard InChI is InChI=1S/C13H14O5/c1-9(13(14)15-2)5-6-16-10-3-4-11-12(7-10)18-8-17-11/h3-5,7H,6,8H2,1-2H3. The average Bonchev–Trinajstić information content (AvgIpc) is 2.85. The van der Waals surface area contributed by atoms with Crippen LogP contribution in [0.25, 0.3) is 0 Å². The second-order valence-electron chi connectivity index (χ2n) is 3.70. The van der Waals surface area contributed by atoms with E-state index in [9.17, 15) is 4.79 Å². The zero-order valence-electron chi connectivity index (χ0n) is 10.3. The molecular formula is C13H14O5. The van der Waals surface area contributed by atoms with Crippen LogP contribution < -0.4 is 14.2 Å². The van der Waals surface area contributed by atoms with Gasteiger partial charge in [0.15, 0.2) is 11.5 Å². The maximum absolute atomic E-state index is 11.1. The molecule has 0 bridgehead atoms. The van der Waals surface area contributed by atoms with E-state index >= 15 is 0 Å². The molecule has 18 heavy (non-hydrogen) atoms. The van der Waals surface area contributed by atoms with E-state index in [2.05, 4.69) is 4.74 Å². The summed E-state index contributed by atoms with van der Waals surface area (Å²) in [5.41, 5.74) is 0.512. The summed E-state index contributed by atoms with van der Waals surface area (Å²) in [6.07, 6.45) is 1.66. The Bertz CT molecular complexity index is 478. The molecule has 5 heteroatoms. The van der Waals surface area contributed by atoms with Crippen molar-refractivity contribution in [1.82, 2.24) is 0 Å². The summed E-state index contributed by atoms with van der Waals surface area (Å²) in [7, 11) is 1.35. The van der Waals surface area contributed by atoms with E-state index in [0.29, 0.717) is 29.4 Å². The lowest BCUT2D eigenvalue weighted by atomic mass is 10.3. The molecule has 1 aliphatic rings. The summed E-state index contributed by atoms with van der Waals surface area (Å²) < 4.78 is 20.5. The average molecular weight is 250 g/mol. The summed E-state index contributed by atoms with van der Waals surface area (Å²) >= 11 is 0. The first-order chi connectivity index (χ1) is 8.70. The number of ether oxygens (including phenoxy) is 4. The van der Waals surface area contributed by atoms with E-state index in [0.717, 1.165) is 0 Å². The fraction of sp³-hybridized carbons (Fsp3) is 0.308. The van der Waals surface area contributed by atoms with Crippen molar-refractivity contribution in [2.45, 2.75) is 6.92 Å². The number of rotatable bonds is 4. The minimum atomic E-state index is -0.357. The number of carbonyl (C=O) groups excluding carboxylic acids is 1. The lowest BCUT2D eigenvalue weighted by Crippen LogP contribution is -2.04. The van der Waals surface area contributed by atoms with Crippen molar-refractivity contribution in [3.05, 3.63) is 29.8 Å². The van der Waals surface area contributed by atoms with E-state index in [4.69, 9.17) is 14.2 Å². The van der Waals surface area contributed by atoms with Crippen LogP contribution in [0.15, 0.2) is 29.8 Å². The minimum Gasteiger partial charge on any atom is -0.489 e. The quantitative estimate of drug-likeness (QED) is 0.603. The summed E-state index contributed by atoms with van der Waals surface area (Å²) in [6.45, 7) is 2.20. The van der Waals surface area contributed by atoms with Gasteiger partial charge in [0.05, 0.1) is 7.11 Å². The zero-order valence-corrected chi connectivity index (χ0v) is 10.3. The predicted octanol–water partition coefficient (Wildman–Crippen LogP) is 1.91. The van der Waals surface area contributed by atoms with E-state index in [1.807, 2.05) is 0 Å². The molecule has 0 fully saturated rings. The molecule has 0 saturated heterocycles. The summed E-state index contributed by atoms with van der Waals surface area (Å²) in [5.74, 6) is 1.68. The highest BCUT2D eigenvalue weighted by molar-refractivity contribution is 5.87. The topological polar surface area (TPSA) is 54.0 Å². The Morgan fingerprint density at radius 3 is 2.94 bits per heavy atom. The highest BCUT2D eigenvalue weighted by Gasteiger charge is 2.13. The van der Waals surface area contributed by atoms with Gasteiger partial charge in [0.25, 0.3) is 0 Å². The number of carbonyl (C=O) groups is 1. The highest BCUT2D eigenvalue weighted by atomic mass is 16.7. The zero-order chi connectivity index (χ0) is 13.0. The van der Waals surface area contributed by atoms with Gasteiger partial charge in [-0.15, -0.1) is 0 Å². The Kier molecular flexibility index (Phi) is 3.72. The minimum absolute atomic E-state index is 0.236. The van der Waals surface area contributed by atoms with Crippen molar-refractivity contribution in [1.29, 1.82) is 0 Å². The van der Waals surface area contributed by atoms with Crippen LogP contribution in [0, 0.1) is 0 Å². The lowest BCUT2D eigenvalue weighted by Gasteiger charge is -2.05. The Labute approximate surface area is 105 Å². The van der Waals surface area contributed by atoms with Crippen molar-refractivity contribution >= 4 is 5.97 Å². The Hall–Kier alpha value is -2.17. The molecule has 0 atom stereocenters. The van der Waals surface area contributed by atoms with Gasteiger partial charge in [-0.2, -0.15) is 0 Å². The SMILES string of the molecule is COC(=O)C(C)=CCOc1ccc2c(c1)OCO2. The molecule has 0 aromatic heterocycles. The molecule has 96 valence electrons. The molecule has 0 unspecified atom stereocenters. The van der Waals surface area contributed by atoms with Crippen LogP contribution in [0.5, 0.6) is 17.2 Å². The van der Waals surface area contributed by atoms with Gasteiger partial charge in [-0.05, 0) is 25.1 Å². The second-order valence-corrected chi connectivity index (χ2v) is 3.70. The molecule has 0 spiro atoms. The molecule has 0 radical (unpaired) electrons. The van der Waals surface area contributed by atoms with Crippen LogP contribution in [-0.2, 0) is 9.53 Å². The first-order valence-corrected chi connectivity index (χ1v) is 5.48. The lowest BCUT2D eigenvalue weighted by molar-refractivity contribution is -0.136. The number of fused-ring (bicyclic) bond motifs is 1. The van der Waals surface area contributed by atoms with Crippen LogP contribution in [-0.4, -0.2) is 26.5 Å². The largest absolute Gasteiger partial charge is 0.489 e. The summed E-state index contributed by atoms with van der Waals surface area (Å²) in [6, 6.07) is 5.33. The van der Waals surface area contributed by atoms with E-state index in [-0.39, 0.29) is 12.8 Å². The van der Waals surface area contributed by atoms with Crippen molar-refractivity contribution in [2.75, 3.05) is 20.5 Å². The van der Waals surface area contributed by atoms with Crippen LogP contribution in [0.4, 0.5) is 0 Å². The number of esters is 1. The molecule has 1 heterocycles. The molecule has 0 saturated carbocycles. The van der Waals surface area contributed by atoms with Gasteiger partial charge in [-0.25, -0.2) is 4.79 Å². The van der Waals surface area contributed by atoms with Gasteiger partial charge >= 0.3 is 5.97 Å². The second kappa shape index (κ2) is 5.44. The summed E-state index contributed by atoms with van der Waals surface area (Å²) in [4.78, 5) is 11.1. The fourth-order valence-electron chi connectivity index (χ4n) is 1.47. The molecule has 2 rings (SSSR count). The number of methoxy groups -OCH3 is 1. The third-order valence-electron chi connectivity index (χ3n) is 2.49. The molecule has 1 aliphatic heterocycles. The van der Waals surface area contributed by atoms with Gasteiger partial charge in [0.1, 0.15) is 12.4 Å². The van der Waals surface area contributed by atoms with Gasteiger partial charge < -0.3 is 18.9 Å². The first kappa shape index (κ1) is 12.3. The normalized spacial score (nSPS) is 13.3. The van der Waals surface area contributed by atoms with Gasteiger partial charge in [0.2, 0.25) is 6.79 Å². The van der Waals surface area contributed by atoms with Crippen molar-refractivity contribution in [3.8, 4) is 17.2 Å². The Morgan fingerprint density at radius 1 is 1.39 bits per heavy atom. The van der Waals surface area contributed by atoms with Crippen molar-refractivity contribution in [3.63, 3.8) is 0 Å². The van der Waals surface area contributed by atoms with Crippen LogP contribution in [0.3, 0.4) is 0 Å². The monoisotopic (exact) mass is 250 g/mol. The molecule has 0 amide bonds. The predicted molar refractivity (Wildman–Crippen MR) is 63.8 cm³/mol. The van der Waals surface area contributed by atoms with Gasteiger partial charge in [0, 0.05) is 11.6 Å². The fourth-order valence-corrected chi connectivity index (χ4v) is 1.47. The van der Waals surface area contributed by atoms with E-state index in [1.165, 1.54) is 7.11 Å². The van der Waals surface area contributed by atoms with E-state index in [1.54, 1.807) is 31.2 Å². The number of benzene rings is 1. The number of hydrogen-bond acceptors (Lipinski definition) is 5. The molecule has 5 nitrogen and oxygen atoms in total. The maximum Gasteiger partial charge on any atom is 0.333 e. The molecule has 0 N–H and O–H groups in total. The molecule has 1 aromatic carbocycles. The highest BCUT2D eigenvalue weighted by Crippen LogP contribution is 2.34. The van der Waals surface area contributed by atoms with E-state index < -0.39 is 0 Å². The Balaban J connectivity index is 1.93. The van der Waals surface area contributed by atoms with Crippen LogP contribution >= 0.6 is 0 Å². The number of hydrogen-bond donors (Lipinski definition) is 0. The van der Waals surface area contributed by atoms with Crippen molar-refractivity contribution < 1.29 is 23.7 Å². The molecule has 0 aliphatic carbocycles. The molecular weight excluding hydrogens is 236 g/mol. The van der Waals surface area contributed by atoms with Gasteiger partial charge in [-0.3, -0.25) is 0 Å². The van der Waals surface area contributed by atoms with Crippen LogP contribution in [0.1, 0.15) is 6.92 Å². The smallest absolute Gasteiger partial charge is 0.333 e. The Morgan fingerprint density at radius 2 is 2.17 bits per heavy atom. The molecule has 1 aromatic rings. The van der Waals surface area contributed by atoms with Crippen molar-refractivity contribution in [2.24, 2.45) is 0 Å². The third-order valence-corrected chi connectivity index (χ3v) is 2.49. The summed E-state index contributed by atoms with van der Waals surface area (Å²) in [5, 5.41) is 0.